The molecule has 1 saturated heterocycles. The summed E-state index contributed by atoms with van der Waals surface area (Å²) in [6.45, 7) is 10.2. The summed E-state index contributed by atoms with van der Waals surface area (Å²) in [6, 6.07) is 0. The summed E-state index contributed by atoms with van der Waals surface area (Å²) in [6.07, 6.45) is 5.28. The average Bonchev–Trinajstić information content (AvgIpc) is 3.12. The van der Waals surface area contributed by atoms with Gasteiger partial charge in [0.2, 0.25) is 5.91 Å². The lowest BCUT2D eigenvalue weighted by Crippen LogP contribution is -2.50. The first-order chi connectivity index (χ1) is 12.0. The molecule has 25 heavy (non-hydrogen) atoms. The van der Waals surface area contributed by atoms with Gasteiger partial charge in [-0.2, -0.15) is 0 Å². The van der Waals surface area contributed by atoms with E-state index in [-0.39, 0.29) is 18.3 Å². The standard InChI is InChI=1S/C18H33N3O3S/c1-13-14(2)16(11-21-9-8-19-12-21)24-18(15(13)3)23-10-6-4-5-7-17(22)20-25/h12-16,18,25H,4-11H2,1-3H3,(H,20,22). The summed E-state index contributed by atoms with van der Waals surface area (Å²) in [5.74, 6) is 1.42. The molecule has 5 unspecified atom stereocenters. The smallest absolute Gasteiger partial charge is 0.229 e. The molecule has 144 valence electrons. The van der Waals surface area contributed by atoms with E-state index in [1.165, 1.54) is 0 Å². The fraction of sp³-hybridized carbons (Fsp3) is 0.889. The number of carbonyl (C=O) groups is 1. The number of nitrogens with zero attached hydrogens (tertiary/aromatic N) is 2. The maximum absolute atomic E-state index is 11.1. The van der Waals surface area contributed by atoms with Crippen LogP contribution in [0.5, 0.6) is 0 Å². The number of aliphatic imine (C=N–C) groups is 1. The predicted molar refractivity (Wildman–Crippen MR) is 103 cm³/mol. The van der Waals surface area contributed by atoms with Crippen molar-refractivity contribution in [2.75, 3.05) is 26.2 Å². The first kappa shape index (κ1) is 20.5. The van der Waals surface area contributed by atoms with Crippen LogP contribution in [0.1, 0.15) is 46.5 Å². The number of hydrogen-bond acceptors (Lipinski definition) is 6. The van der Waals surface area contributed by atoms with E-state index in [2.05, 4.69) is 48.2 Å². The number of carbonyl (C=O) groups excluding carboxylic acids is 1. The van der Waals surface area contributed by atoms with Gasteiger partial charge in [-0.15, -0.1) is 0 Å². The Morgan fingerprint density at radius 1 is 1.28 bits per heavy atom. The molecule has 0 aromatic rings. The van der Waals surface area contributed by atoms with Gasteiger partial charge in [0.15, 0.2) is 6.29 Å². The molecule has 0 aromatic carbocycles. The highest BCUT2D eigenvalue weighted by Gasteiger charge is 2.40. The predicted octanol–water partition coefficient (Wildman–Crippen LogP) is 2.50. The van der Waals surface area contributed by atoms with Gasteiger partial charge in [-0.1, -0.05) is 40.0 Å². The van der Waals surface area contributed by atoms with Gasteiger partial charge in [0.25, 0.3) is 0 Å². The molecule has 1 amide bonds. The van der Waals surface area contributed by atoms with E-state index in [0.717, 1.165) is 38.9 Å². The Morgan fingerprint density at radius 2 is 2.08 bits per heavy atom. The molecular weight excluding hydrogens is 338 g/mol. The fourth-order valence-electron chi connectivity index (χ4n) is 3.49. The quantitative estimate of drug-likeness (QED) is 0.483. The van der Waals surface area contributed by atoms with Crippen LogP contribution in [-0.4, -0.2) is 55.8 Å². The van der Waals surface area contributed by atoms with E-state index >= 15 is 0 Å². The number of ether oxygens (including phenoxy) is 2. The Bertz CT molecular complexity index is 449. The number of rotatable bonds is 9. The van der Waals surface area contributed by atoms with Crippen LogP contribution in [0.3, 0.4) is 0 Å². The molecule has 0 aromatic heterocycles. The zero-order chi connectivity index (χ0) is 18.2. The van der Waals surface area contributed by atoms with Gasteiger partial charge in [0.05, 0.1) is 19.0 Å². The van der Waals surface area contributed by atoms with Gasteiger partial charge in [-0.25, -0.2) is 0 Å². The summed E-state index contributed by atoms with van der Waals surface area (Å²) >= 11 is 3.75. The molecular formula is C18H33N3O3S. The molecule has 0 spiro atoms. The van der Waals surface area contributed by atoms with Crippen LogP contribution in [0.15, 0.2) is 4.99 Å². The van der Waals surface area contributed by atoms with Crippen molar-refractivity contribution in [3.8, 4) is 0 Å². The minimum absolute atomic E-state index is 0.0235. The number of amides is 1. The second-order valence-electron chi connectivity index (χ2n) is 7.35. The summed E-state index contributed by atoms with van der Waals surface area (Å²) in [5, 5.41) is 0. The number of hydrogen-bond donors (Lipinski definition) is 2. The molecule has 0 bridgehead atoms. The van der Waals surface area contributed by atoms with Crippen LogP contribution in [0.2, 0.25) is 0 Å². The van der Waals surface area contributed by atoms with Crippen molar-refractivity contribution in [3.63, 3.8) is 0 Å². The molecule has 5 atom stereocenters. The third-order valence-electron chi connectivity index (χ3n) is 5.61. The van der Waals surface area contributed by atoms with Gasteiger partial charge in [0, 0.05) is 32.0 Å². The minimum Gasteiger partial charge on any atom is -0.358 e. The van der Waals surface area contributed by atoms with E-state index in [1.54, 1.807) is 0 Å². The molecule has 2 rings (SSSR count). The Kier molecular flexibility index (Phi) is 8.52. The zero-order valence-corrected chi connectivity index (χ0v) is 16.6. The summed E-state index contributed by atoms with van der Waals surface area (Å²) < 4.78 is 14.7. The Balaban J connectivity index is 1.72. The van der Waals surface area contributed by atoms with E-state index < -0.39 is 0 Å². The Morgan fingerprint density at radius 3 is 2.76 bits per heavy atom. The largest absolute Gasteiger partial charge is 0.358 e. The molecule has 7 heteroatoms. The summed E-state index contributed by atoms with van der Waals surface area (Å²) in [4.78, 5) is 17.7. The molecule has 1 fully saturated rings. The first-order valence-corrected chi connectivity index (χ1v) is 9.91. The number of unbranched alkanes of at least 4 members (excludes halogenated alkanes) is 2. The topological polar surface area (TPSA) is 63.2 Å². The highest BCUT2D eigenvalue weighted by molar-refractivity contribution is 7.78. The van der Waals surface area contributed by atoms with Crippen molar-refractivity contribution >= 4 is 25.1 Å². The van der Waals surface area contributed by atoms with Crippen LogP contribution in [-0.2, 0) is 14.3 Å². The average molecular weight is 372 g/mol. The van der Waals surface area contributed by atoms with Crippen LogP contribution in [0.4, 0.5) is 0 Å². The molecule has 0 saturated carbocycles. The van der Waals surface area contributed by atoms with Crippen molar-refractivity contribution in [1.29, 1.82) is 0 Å². The lowest BCUT2D eigenvalue weighted by Gasteiger charge is -2.44. The summed E-state index contributed by atoms with van der Waals surface area (Å²) in [7, 11) is 0. The zero-order valence-electron chi connectivity index (χ0n) is 15.7. The maximum atomic E-state index is 11.1. The van der Waals surface area contributed by atoms with Crippen molar-refractivity contribution in [2.45, 2.75) is 58.8 Å². The monoisotopic (exact) mass is 371 g/mol. The fourth-order valence-corrected chi connectivity index (χ4v) is 3.60. The molecule has 2 aliphatic heterocycles. The van der Waals surface area contributed by atoms with Crippen LogP contribution in [0.25, 0.3) is 0 Å². The van der Waals surface area contributed by atoms with Gasteiger partial charge >= 0.3 is 0 Å². The lowest BCUT2D eigenvalue weighted by molar-refractivity contribution is -0.249. The highest BCUT2D eigenvalue weighted by atomic mass is 32.1. The third-order valence-corrected chi connectivity index (χ3v) is 5.86. The van der Waals surface area contributed by atoms with Crippen molar-refractivity contribution < 1.29 is 14.3 Å². The van der Waals surface area contributed by atoms with Crippen LogP contribution in [0, 0.1) is 17.8 Å². The maximum Gasteiger partial charge on any atom is 0.229 e. The summed E-state index contributed by atoms with van der Waals surface area (Å²) in [5.41, 5.74) is 0. The first-order valence-electron chi connectivity index (χ1n) is 9.47. The molecule has 2 heterocycles. The Hall–Kier alpha value is -0.790. The SMILES string of the molecule is CC1C(CN2C=NCC2)OC(OCCCCCC(=O)NS)C(C)C1C. The van der Waals surface area contributed by atoms with E-state index in [4.69, 9.17) is 9.47 Å². The van der Waals surface area contributed by atoms with Gasteiger partial charge in [-0.05, 0) is 24.7 Å². The normalized spacial score (nSPS) is 32.2. The van der Waals surface area contributed by atoms with Gasteiger partial charge in [0.1, 0.15) is 0 Å². The van der Waals surface area contributed by atoms with E-state index in [1.807, 2.05) is 6.34 Å². The highest BCUT2D eigenvalue weighted by Crippen LogP contribution is 2.35. The van der Waals surface area contributed by atoms with Crippen molar-refractivity contribution in [3.05, 3.63) is 0 Å². The van der Waals surface area contributed by atoms with Crippen molar-refractivity contribution in [2.24, 2.45) is 22.7 Å². The number of nitrogens with one attached hydrogen (secondary N) is 1. The van der Waals surface area contributed by atoms with Gasteiger partial charge in [-0.3, -0.25) is 9.79 Å². The molecule has 0 radical (unpaired) electrons. The van der Waals surface area contributed by atoms with Crippen LogP contribution < -0.4 is 4.72 Å². The second kappa shape index (κ2) is 10.4. The molecule has 2 aliphatic rings. The van der Waals surface area contributed by atoms with E-state index in [0.29, 0.717) is 30.8 Å². The Labute approximate surface area is 157 Å². The molecule has 6 nitrogen and oxygen atoms in total. The molecule has 1 N–H and O–H groups in total. The van der Waals surface area contributed by atoms with Crippen LogP contribution >= 0.6 is 12.8 Å². The minimum atomic E-state index is -0.142. The number of thiol groups is 1. The lowest BCUT2D eigenvalue weighted by atomic mass is 9.79. The van der Waals surface area contributed by atoms with Crippen molar-refractivity contribution in [1.82, 2.24) is 9.62 Å². The molecule has 0 aliphatic carbocycles. The second-order valence-corrected chi connectivity index (χ2v) is 7.58. The van der Waals surface area contributed by atoms with Gasteiger partial charge < -0.3 is 19.1 Å². The third kappa shape index (κ3) is 6.15. The van der Waals surface area contributed by atoms with E-state index in [9.17, 15) is 4.79 Å².